The maximum atomic E-state index is 2.33. The molecule has 0 aliphatic rings. The van der Waals surface area contributed by atoms with Crippen LogP contribution in [0.5, 0.6) is 0 Å². The zero-order valence-corrected chi connectivity index (χ0v) is 9.81. The monoisotopic (exact) mass is 219 g/mol. The minimum Gasteiger partial charge on any atom is -1.00 e. The molecule has 11 heavy (non-hydrogen) atoms. The van der Waals surface area contributed by atoms with Crippen molar-refractivity contribution in [2.75, 3.05) is 0 Å². The molecule has 0 aromatic heterocycles. The van der Waals surface area contributed by atoms with E-state index in [1.165, 1.54) is 25.7 Å². The van der Waals surface area contributed by atoms with Gasteiger partial charge in [-0.15, -0.1) is 0 Å². The molecule has 0 fully saturated rings. The van der Waals surface area contributed by atoms with Crippen LogP contribution in [-0.2, 0) is 0 Å². The van der Waals surface area contributed by atoms with Crippen LogP contribution in [0, 0.1) is 5.92 Å². The summed E-state index contributed by atoms with van der Waals surface area (Å²) in [6, 6.07) is 0. The van der Waals surface area contributed by atoms with E-state index < -0.39 is 0 Å². The molecule has 0 saturated carbocycles. The summed E-state index contributed by atoms with van der Waals surface area (Å²) in [7, 11) is 0. The molecule has 0 N–H and O–H groups in total. The molecule has 1 atom stereocenters. The third kappa shape index (κ3) is 18.1. The van der Waals surface area contributed by atoms with Gasteiger partial charge in [-0.05, 0) is 5.92 Å². The number of halogens is 3. The highest BCUT2D eigenvalue weighted by Crippen LogP contribution is 2.09. The van der Waals surface area contributed by atoms with Gasteiger partial charge in [0.25, 0.3) is 0 Å². The summed E-state index contributed by atoms with van der Waals surface area (Å²) in [4.78, 5) is 0. The molecule has 3 heteroatoms. The van der Waals surface area contributed by atoms with E-state index in [2.05, 4.69) is 20.8 Å². The second-order valence-corrected chi connectivity index (χ2v) is 2.66. The predicted octanol–water partition coefficient (Wildman–Crippen LogP) is -5.77. The first-order valence-electron chi connectivity index (χ1n) is 3.81. The largest absolute Gasteiger partial charge is 1.00 e. The van der Waals surface area contributed by atoms with Gasteiger partial charge in [0.1, 0.15) is 0 Å². The van der Waals surface area contributed by atoms with Crippen LogP contribution in [0.25, 0.3) is 0 Å². The maximum Gasteiger partial charge on any atom is -0.0445 e. The molecule has 0 aromatic rings. The Hall–Kier alpha value is 0.870. The highest BCUT2D eigenvalue weighted by atomic mass is 35.5. The highest BCUT2D eigenvalue weighted by Gasteiger charge is 1.94. The van der Waals surface area contributed by atoms with Gasteiger partial charge in [-0.1, -0.05) is 46.5 Å². The Bertz CT molecular complexity index is 48.6. The van der Waals surface area contributed by atoms with Crippen LogP contribution < -0.4 is 37.2 Å². The van der Waals surface area contributed by atoms with E-state index in [9.17, 15) is 0 Å². The minimum absolute atomic E-state index is 0. The molecule has 0 saturated heterocycles. The van der Waals surface area contributed by atoms with E-state index in [0.29, 0.717) is 0 Å². The van der Waals surface area contributed by atoms with Crippen LogP contribution in [0.4, 0.5) is 0 Å². The minimum atomic E-state index is 0. The first-order chi connectivity index (χ1) is 3.81. The normalized spacial score (nSPS) is 10.1. The van der Waals surface area contributed by atoms with E-state index >= 15 is 0 Å². The van der Waals surface area contributed by atoms with Gasteiger partial charge in [-0.2, -0.15) is 0 Å². The first kappa shape index (κ1) is 22.6. The molecule has 0 radical (unpaired) electrons. The van der Waals surface area contributed by atoms with E-state index in [1.807, 2.05) is 0 Å². The van der Waals surface area contributed by atoms with Crippen LogP contribution >= 0.6 is 0 Å². The van der Waals surface area contributed by atoms with Crippen molar-refractivity contribution in [1.29, 1.82) is 0 Å². The zero-order chi connectivity index (χ0) is 6.41. The lowest BCUT2D eigenvalue weighted by molar-refractivity contribution is -0.00100. The van der Waals surface area contributed by atoms with Gasteiger partial charge in [0, 0.05) is 0 Å². The van der Waals surface area contributed by atoms with Gasteiger partial charge in [-0.25, -0.2) is 0 Å². The Balaban J connectivity index is -0.0000000817. The Morgan fingerprint density at radius 3 is 1.73 bits per heavy atom. The molecule has 0 aliphatic carbocycles. The van der Waals surface area contributed by atoms with E-state index in [0.717, 1.165) is 5.92 Å². The van der Waals surface area contributed by atoms with Crippen LogP contribution in [0.15, 0.2) is 0 Å². The van der Waals surface area contributed by atoms with Gasteiger partial charge >= 0.3 is 0 Å². The molecule has 74 valence electrons. The second kappa shape index (κ2) is 17.1. The summed E-state index contributed by atoms with van der Waals surface area (Å²) < 4.78 is 0. The number of hydrogen-bond donors (Lipinski definition) is 0. The van der Waals surface area contributed by atoms with Crippen molar-refractivity contribution in [3.63, 3.8) is 0 Å². The van der Waals surface area contributed by atoms with Crippen molar-refractivity contribution in [3.8, 4) is 0 Å². The second-order valence-electron chi connectivity index (χ2n) is 2.66. The van der Waals surface area contributed by atoms with Crippen molar-refractivity contribution in [3.05, 3.63) is 0 Å². The fourth-order valence-electron chi connectivity index (χ4n) is 0.757. The summed E-state index contributed by atoms with van der Waals surface area (Å²) in [5.74, 6) is 0.954. The zero-order valence-electron chi connectivity index (χ0n) is 7.54. The molecule has 0 spiro atoms. The Kier molecular flexibility index (Phi) is 35.2. The van der Waals surface area contributed by atoms with Gasteiger partial charge in [-0.3, -0.25) is 0 Å². The van der Waals surface area contributed by atoms with Crippen LogP contribution in [0.3, 0.4) is 0 Å². The fourth-order valence-corrected chi connectivity index (χ4v) is 0.757. The van der Waals surface area contributed by atoms with Gasteiger partial charge in [0.05, 0.1) is 0 Å². The molecule has 0 rings (SSSR count). The molecular formula is C8H18Cl3-3. The van der Waals surface area contributed by atoms with Crippen LogP contribution in [0.2, 0.25) is 0 Å². The van der Waals surface area contributed by atoms with Gasteiger partial charge in [0.2, 0.25) is 0 Å². The maximum absolute atomic E-state index is 2.33. The molecule has 1 unspecified atom stereocenters. The van der Waals surface area contributed by atoms with Crippen molar-refractivity contribution in [2.45, 2.75) is 46.5 Å². The van der Waals surface area contributed by atoms with E-state index in [1.54, 1.807) is 0 Å². The van der Waals surface area contributed by atoms with Crippen molar-refractivity contribution in [2.24, 2.45) is 5.92 Å². The first-order valence-corrected chi connectivity index (χ1v) is 3.81. The Morgan fingerprint density at radius 2 is 1.45 bits per heavy atom. The fraction of sp³-hybridized carbons (Fsp3) is 1.00. The van der Waals surface area contributed by atoms with Gasteiger partial charge < -0.3 is 37.2 Å². The summed E-state index contributed by atoms with van der Waals surface area (Å²) in [6.07, 6.45) is 5.53. The lowest BCUT2D eigenvalue weighted by atomic mass is 10.0. The molecule has 0 heterocycles. The predicted molar refractivity (Wildman–Crippen MR) is 39.0 cm³/mol. The topological polar surface area (TPSA) is 0 Å². The third-order valence-electron chi connectivity index (χ3n) is 1.75. The smallest absolute Gasteiger partial charge is 0.0445 e. The lowest BCUT2D eigenvalue weighted by Gasteiger charge is -2.04. The standard InChI is InChI=1S/C8H18.3ClH/c1-4-6-7-8(3)5-2;;;/h8H,4-7H2,1-3H3;3*1H/p-3. The summed E-state index contributed by atoms with van der Waals surface area (Å²) in [5, 5.41) is 0. The Morgan fingerprint density at radius 1 is 1.00 bits per heavy atom. The SMILES string of the molecule is CCCCC(C)CC.[Cl-].[Cl-].[Cl-]. The van der Waals surface area contributed by atoms with Crippen molar-refractivity contribution in [1.82, 2.24) is 0 Å². The molecule has 0 aromatic carbocycles. The molecule has 0 nitrogen and oxygen atoms in total. The average Bonchev–Trinajstić information content (AvgIpc) is 1.83. The summed E-state index contributed by atoms with van der Waals surface area (Å²) in [6.45, 7) is 6.85. The van der Waals surface area contributed by atoms with E-state index in [-0.39, 0.29) is 37.2 Å². The van der Waals surface area contributed by atoms with Gasteiger partial charge in [0.15, 0.2) is 0 Å². The quantitative estimate of drug-likeness (QED) is 0.443. The average molecular weight is 221 g/mol. The summed E-state index contributed by atoms with van der Waals surface area (Å²) >= 11 is 0. The van der Waals surface area contributed by atoms with E-state index in [4.69, 9.17) is 0 Å². The molecule has 0 bridgehead atoms. The number of hydrogen-bond acceptors (Lipinski definition) is 0. The lowest BCUT2D eigenvalue weighted by Crippen LogP contribution is -3.00. The third-order valence-corrected chi connectivity index (χ3v) is 1.75. The highest BCUT2D eigenvalue weighted by molar-refractivity contribution is 4.47. The van der Waals surface area contributed by atoms with Crippen molar-refractivity contribution >= 4 is 0 Å². The molecule has 0 amide bonds. The number of unbranched alkanes of at least 4 members (excludes halogenated alkanes) is 1. The van der Waals surface area contributed by atoms with Crippen LogP contribution in [0.1, 0.15) is 46.5 Å². The van der Waals surface area contributed by atoms with Crippen molar-refractivity contribution < 1.29 is 37.2 Å². The Labute approximate surface area is 89.8 Å². The van der Waals surface area contributed by atoms with Crippen LogP contribution in [-0.4, -0.2) is 0 Å². The molecule has 0 aliphatic heterocycles. The summed E-state index contributed by atoms with van der Waals surface area (Å²) in [5.41, 5.74) is 0. The number of rotatable bonds is 4. The molecular weight excluding hydrogens is 202 g/mol.